The maximum atomic E-state index is 12.2. The number of ether oxygens (including phenoxy) is 6. The van der Waals surface area contributed by atoms with Gasteiger partial charge in [0.2, 0.25) is 0 Å². The van der Waals surface area contributed by atoms with E-state index in [9.17, 15) is 9.59 Å². The fourth-order valence-electron chi connectivity index (χ4n) is 3.07. The first-order valence-corrected chi connectivity index (χ1v) is 8.56. The second kappa shape index (κ2) is 7.67. The lowest BCUT2D eigenvalue weighted by Gasteiger charge is -2.31. The third-order valence-electron chi connectivity index (χ3n) is 4.01. The molecule has 2 aliphatic rings. The Morgan fingerprint density at radius 2 is 1.85 bits per heavy atom. The van der Waals surface area contributed by atoms with Crippen LogP contribution in [-0.4, -0.2) is 68.3 Å². The number of hydrogen-bond donors (Lipinski definition) is 1. The molecule has 26 heavy (non-hydrogen) atoms. The zero-order chi connectivity index (χ0) is 19.7. The molecule has 2 saturated heterocycles. The summed E-state index contributed by atoms with van der Waals surface area (Å²) in [6.45, 7) is 8.81. The predicted molar refractivity (Wildman–Crippen MR) is 89.3 cm³/mol. The molecule has 0 bridgehead atoms. The average molecular weight is 375 g/mol. The van der Waals surface area contributed by atoms with Crippen LogP contribution in [0.3, 0.4) is 0 Å². The molecule has 0 spiro atoms. The second-order valence-electron chi connectivity index (χ2n) is 7.80. The van der Waals surface area contributed by atoms with Gasteiger partial charge in [-0.1, -0.05) is 0 Å². The summed E-state index contributed by atoms with van der Waals surface area (Å²) in [5.41, 5.74) is -0.677. The molecule has 0 aromatic heterocycles. The number of hydrogen-bond acceptors (Lipinski definition) is 8. The Morgan fingerprint density at radius 1 is 1.19 bits per heavy atom. The van der Waals surface area contributed by atoms with Crippen LogP contribution < -0.4 is 5.32 Å². The van der Waals surface area contributed by atoms with E-state index < -0.39 is 54.1 Å². The van der Waals surface area contributed by atoms with Gasteiger partial charge in [0.1, 0.15) is 23.9 Å². The SMILES string of the molecule is COC(=O)CC(NC(=O)OC(C)(C)C)C1OC2OC(C)(C)OC2C1OC. The summed E-state index contributed by atoms with van der Waals surface area (Å²) in [4.78, 5) is 24.0. The number of rotatable bonds is 5. The molecule has 9 nitrogen and oxygen atoms in total. The highest BCUT2D eigenvalue weighted by atomic mass is 16.8. The van der Waals surface area contributed by atoms with Crippen LogP contribution in [0.4, 0.5) is 4.79 Å². The van der Waals surface area contributed by atoms with Crippen molar-refractivity contribution in [3.63, 3.8) is 0 Å². The molecule has 0 aromatic carbocycles. The Labute approximate surface area is 153 Å². The minimum atomic E-state index is -0.798. The van der Waals surface area contributed by atoms with Crippen LogP contribution in [0.2, 0.25) is 0 Å². The third kappa shape index (κ3) is 5.06. The van der Waals surface area contributed by atoms with Crippen molar-refractivity contribution in [2.24, 2.45) is 0 Å². The zero-order valence-electron chi connectivity index (χ0n) is 16.4. The van der Waals surface area contributed by atoms with Crippen molar-refractivity contribution in [3.8, 4) is 0 Å². The van der Waals surface area contributed by atoms with Crippen molar-refractivity contribution in [3.05, 3.63) is 0 Å². The molecule has 0 aliphatic carbocycles. The van der Waals surface area contributed by atoms with Crippen LogP contribution in [-0.2, 0) is 33.2 Å². The molecular formula is C17H29NO8. The number of methoxy groups -OCH3 is 2. The van der Waals surface area contributed by atoms with Crippen LogP contribution >= 0.6 is 0 Å². The summed E-state index contributed by atoms with van der Waals surface area (Å²) in [7, 11) is 2.79. The fourth-order valence-corrected chi connectivity index (χ4v) is 3.07. The Morgan fingerprint density at radius 3 is 2.38 bits per heavy atom. The minimum Gasteiger partial charge on any atom is -0.469 e. The molecule has 9 heteroatoms. The zero-order valence-corrected chi connectivity index (χ0v) is 16.4. The number of carbonyl (C=O) groups excluding carboxylic acids is 2. The van der Waals surface area contributed by atoms with E-state index in [1.54, 1.807) is 34.6 Å². The standard InChI is InChI=1S/C17H29NO8/c1-16(2,3)26-15(20)18-9(8-10(19)21-6)11-12(22-7)13-14(23-11)25-17(4,5)24-13/h9,11-14H,8H2,1-7H3,(H,18,20). The van der Waals surface area contributed by atoms with E-state index >= 15 is 0 Å². The van der Waals surface area contributed by atoms with Crippen molar-refractivity contribution < 1.29 is 38.0 Å². The Balaban J connectivity index is 2.14. The number of fused-ring (bicyclic) bond motifs is 1. The van der Waals surface area contributed by atoms with Gasteiger partial charge in [0.15, 0.2) is 12.1 Å². The summed E-state index contributed by atoms with van der Waals surface area (Å²) >= 11 is 0. The lowest BCUT2D eigenvalue weighted by Crippen LogP contribution is -2.52. The molecule has 1 N–H and O–H groups in total. The van der Waals surface area contributed by atoms with Gasteiger partial charge in [0.25, 0.3) is 0 Å². The number of esters is 1. The summed E-state index contributed by atoms with van der Waals surface area (Å²) in [6.07, 6.45) is -3.10. The van der Waals surface area contributed by atoms with Crippen LogP contribution in [0.15, 0.2) is 0 Å². The highest BCUT2D eigenvalue weighted by molar-refractivity contribution is 5.73. The van der Waals surface area contributed by atoms with E-state index in [4.69, 9.17) is 28.4 Å². The van der Waals surface area contributed by atoms with E-state index in [1.165, 1.54) is 14.2 Å². The number of carbonyl (C=O) groups is 2. The summed E-state index contributed by atoms with van der Waals surface area (Å²) in [5, 5.41) is 2.68. The fraction of sp³-hybridized carbons (Fsp3) is 0.882. The van der Waals surface area contributed by atoms with Gasteiger partial charge in [-0.2, -0.15) is 0 Å². The maximum absolute atomic E-state index is 12.2. The molecule has 0 radical (unpaired) electrons. The van der Waals surface area contributed by atoms with Crippen LogP contribution in [0.1, 0.15) is 41.0 Å². The van der Waals surface area contributed by atoms with Gasteiger partial charge in [-0.15, -0.1) is 0 Å². The average Bonchev–Trinajstić information content (AvgIpc) is 2.95. The Bertz CT molecular complexity index is 529. The molecule has 2 heterocycles. The number of amides is 1. The van der Waals surface area contributed by atoms with E-state index in [0.717, 1.165) is 0 Å². The molecular weight excluding hydrogens is 346 g/mol. The topological polar surface area (TPSA) is 102 Å². The molecule has 5 atom stereocenters. The minimum absolute atomic E-state index is 0.108. The molecule has 0 saturated carbocycles. The highest BCUT2D eigenvalue weighted by Crippen LogP contribution is 2.39. The van der Waals surface area contributed by atoms with Gasteiger partial charge in [0, 0.05) is 7.11 Å². The number of alkyl carbamates (subject to hydrolysis) is 1. The van der Waals surface area contributed by atoms with Crippen molar-refractivity contribution in [2.45, 2.75) is 83.1 Å². The van der Waals surface area contributed by atoms with Crippen LogP contribution in [0, 0.1) is 0 Å². The first-order chi connectivity index (χ1) is 12.0. The van der Waals surface area contributed by atoms with Crippen molar-refractivity contribution in [2.75, 3.05) is 14.2 Å². The lowest BCUT2D eigenvalue weighted by atomic mass is 10.0. The van der Waals surface area contributed by atoms with Crippen LogP contribution in [0.5, 0.6) is 0 Å². The van der Waals surface area contributed by atoms with Crippen LogP contribution in [0.25, 0.3) is 0 Å². The van der Waals surface area contributed by atoms with E-state index in [-0.39, 0.29) is 6.42 Å². The highest BCUT2D eigenvalue weighted by Gasteiger charge is 2.57. The lowest BCUT2D eigenvalue weighted by molar-refractivity contribution is -0.220. The quantitative estimate of drug-likeness (QED) is 0.718. The van der Waals surface area contributed by atoms with E-state index in [2.05, 4.69) is 5.32 Å². The van der Waals surface area contributed by atoms with Gasteiger partial charge >= 0.3 is 12.1 Å². The smallest absolute Gasteiger partial charge is 0.407 e. The van der Waals surface area contributed by atoms with E-state index in [1.807, 2.05) is 0 Å². The molecule has 2 rings (SSSR count). The molecule has 2 fully saturated rings. The Hall–Kier alpha value is -1.42. The molecule has 1 amide bonds. The van der Waals surface area contributed by atoms with Crippen molar-refractivity contribution in [1.29, 1.82) is 0 Å². The predicted octanol–water partition coefficient (Wildman–Crippen LogP) is 1.33. The molecule has 0 aromatic rings. The summed E-state index contributed by atoms with van der Waals surface area (Å²) in [5.74, 6) is -1.29. The van der Waals surface area contributed by atoms with E-state index in [0.29, 0.717) is 0 Å². The van der Waals surface area contributed by atoms with Crippen molar-refractivity contribution in [1.82, 2.24) is 5.32 Å². The van der Waals surface area contributed by atoms with Gasteiger partial charge in [0.05, 0.1) is 19.6 Å². The second-order valence-corrected chi connectivity index (χ2v) is 7.80. The summed E-state index contributed by atoms with van der Waals surface area (Å²) in [6, 6.07) is -0.733. The van der Waals surface area contributed by atoms with Gasteiger partial charge in [-0.25, -0.2) is 4.79 Å². The molecule has 2 aliphatic heterocycles. The largest absolute Gasteiger partial charge is 0.469 e. The monoisotopic (exact) mass is 375 g/mol. The maximum Gasteiger partial charge on any atom is 0.407 e. The first kappa shape index (κ1) is 20.9. The van der Waals surface area contributed by atoms with Crippen molar-refractivity contribution >= 4 is 12.1 Å². The number of nitrogens with one attached hydrogen (secondary N) is 1. The summed E-state index contributed by atoms with van der Waals surface area (Å²) < 4.78 is 33.0. The van der Waals surface area contributed by atoms with Gasteiger partial charge in [-0.05, 0) is 34.6 Å². The normalized spacial score (nSPS) is 31.2. The molecule has 150 valence electrons. The van der Waals surface area contributed by atoms with Gasteiger partial charge < -0.3 is 33.7 Å². The first-order valence-electron chi connectivity index (χ1n) is 8.56. The Kier molecular flexibility index (Phi) is 6.17. The molecule has 5 unspecified atom stereocenters. The van der Waals surface area contributed by atoms with Gasteiger partial charge in [-0.3, -0.25) is 4.79 Å². The third-order valence-corrected chi connectivity index (χ3v) is 4.01.